The summed E-state index contributed by atoms with van der Waals surface area (Å²) in [6.07, 6.45) is 3.24. The van der Waals surface area contributed by atoms with Crippen LogP contribution in [0.1, 0.15) is 16.1 Å². The van der Waals surface area contributed by atoms with E-state index in [2.05, 4.69) is 5.32 Å². The molecule has 4 rings (SSSR count). The Balaban J connectivity index is 1.72. The van der Waals surface area contributed by atoms with Crippen molar-refractivity contribution in [3.05, 3.63) is 89.8 Å². The van der Waals surface area contributed by atoms with Crippen LogP contribution in [0.2, 0.25) is 0 Å². The molecule has 0 saturated carbocycles. The van der Waals surface area contributed by atoms with E-state index in [-0.39, 0.29) is 16.2 Å². The van der Waals surface area contributed by atoms with E-state index in [1.165, 1.54) is 23.1 Å². The molecule has 0 radical (unpaired) electrons. The van der Waals surface area contributed by atoms with Crippen molar-refractivity contribution in [2.24, 2.45) is 0 Å². The van der Waals surface area contributed by atoms with Gasteiger partial charge in [0, 0.05) is 17.6 Å². The van der Waals surface area contributed by atoms with Gasteiger partial charge in [-0.25, -0.2) is 4.79 Å². The second kappa shape index (κ2) is 7.76. The first-order chi connectivity index (χ1) is 14.5. The number of nitrogens with zero attached hydrogens (tertiary/aromatic N) is 2. The van der Waals surface area contributed by atoms with E-state index < -0.39 is 17.8 Å². The van der Waals surface area contributed by atoms with Gasteiger partial charge in [-0.2, -0.15) is 0 Å². The zero-order valence-corrected chi connectivity index (χ0v) is 16.3. The minimum atomic E-state index is -1.02. The molecule has 7 nitrogen and oxygen atoms in total. The number of carboxylic acid groups (broad SMARTS) is 1. The highest BCUT2D eigenvalue weighted by Gasteiger charge is 2.34. The molecule has 148 valence electrons. The first-order valence-electron chi connectivity index (χ1n) is 8.93. The van der Waals surface area contributed by atoms with Gasteiger partial charge in [0.1, 0.15) is 5.57 Å². The van der Waals surface area contributed by atoms with Crippen LogP contribution < -0.4 is 10.2 Å². The van der Waals surface area contributed by atoms with E-state index in [1.54, 1.807) is 59.3 Å². The van der Waals surface area contributed by atoms with Gasteiger partial charge in [-0.05, 0) is 66.8 Å². The molecule has 1 aromatic heterocycles. The van der Waals surface area contributed by atoms with Crippen LogP contribution in [-0.4, -0.2) is 32.6 Å². The van der Waals surface area contributed by atoms with Crippen molar-refractivity contribution in [1.29, 1.82) is 0 Å². The summed E-state index contributed by atoms with van der Waals surface area (Å²) in [6.45, 7) is 0. The average Bonchev–Trinajstić information content (AvgIpc) is 3.20. The number of carbonyl (C=O) groups is 3. The van der Waals surface area contributed by atoms with Crippen molar-refractivity contribution in [3.63, 3.8) is 0 Å². The van der Waals surface area contributed by atoms with Crippen LogP contribution in [0.4, 0.5) is 5.69 Å². The second-order valence-electron chi connectivity index (χ2n) is 6.45. The van der Waals surface area contributed by atoms with Crippen molar-refractivity contribution < 1.29 is 19.5 Å². The third-order valence-corrected chi connectivity index (χ3v) is 4.87. The van der Waals surface area contributed by atoms with Crippen LogP contribution in [0.5, 0.6) is 0 Å². The monoisotopic (exact) mass is 417 g/mol. The van der Waals surface area contributed by atoms with E-state index in [0.717, 1.165) is 0 Å². The molecule has 0 atom stereocenters. The number of carbonyl (C=O) groups excluding carboxylic acids is 2. The molecule has 2 aromatic carbocycles. The number of thiocarbonyl (C=S) groups is 1. The summed E-state index contributed by atoms with van der Waals surface area (Å²) in [5, 5.41) is 11.6. The first-order valence-corrected chi connectivity index (χ1v) is 9.34. The predicted molar refractivity (Wildman–Crippen MR) is 115 cm³/mol. The summed E-state index contributed by atoms with van der Waals surface area (Å²) >= 11 is 5.19. The zero-order chi connectivity index (χ0) is 21.3. The predicted octanol–water partition coefficient (Wildman–Crippen LogP) is 3.01. The molecule has 0 spiro atoms. The minimum Gasteiger partial charge on any atom is -0.478 e. The number of anilines is 1. The van der Waals surface area contributed by atoms with Gasteiger partial charge in [0.05, 0.1) is 11.3 Å². The maximum atomic E-state index is 13.1. The molecule has 1 aliphatic heterocycles. The minimum absolute atomic E-state index is 0.0213. The fourth-order valence-electron chi connectivity index (χ4n) is 3.13. The molecule has 1 saturated heterocycles. The third kappa shape index (κ3) is 3.51. The van der Waals surface area contributed by atoms with Crippen molar-refractivity contribution in [2.45, 2.75) is 0 Å². The van der Waals surface area contributed by atoms with E-state index in [4.69, 9.17) is 17.3 Å². The van der Waals surface area contributed by atoms with Crippen LogP contribution in [0, 0.1) is 0 Å². The molecule has 30 heavy (non-hydrogen) atoms. The van der Waals surface area contributed by atoms with Gasteiger partial charge < -0.3 is 9.67 Å². The number of rotatable bonds is 4. The molecule has 0 aliphatic carbocycles. The first kappa shape index (κ1) is 19.3. The molecule has 0 unspecified atom stereocenters. The molecule has 1 fully saturated rings. The Kier molecular flexibility index (Phi) is 4.99. The molecule has 2 heterocycles. The molecular weight excluding hydrogens is 402 g/mol. The maximum absolute atomic E-state index is 13.1. The summed E-state index contributed by atoms with van der Waals surface area (Å²) in [4.78, 5) is 37.9. The zero-order valence-electron chi connectivity index (χ0n) is 15.5. The highest BCUT2D eigenvalue weighted by molar-refractivity contribution is 7.80. The largest absolute Gasteiger partial charge is 0.478 e. The number of benzene rings is 2. The number of nitrogens with one attached hydrogen (secondary N) is 1. The highest BCUT2D eigenvalue weighted by Crippen LogP contribution is 2.23. The van der Waals surface area contributed by atoms with Gasteiger partial charge in [-0.3, -0.25) is 19.8 Å². The summed E-state index contributed by atoms with van der Waals surface area (Å²) < 4.78 is 1.75. The van der Waals surface area contributed by atoms with Gasteiger partial charge in [-0.1, -0.05) is 18.2 Å². The van der Waals surface area contributed by atoms with Gasteiger partial charge in [-0.15, -0.1) is 0 Å². The van der Waals surface area contributed by atoms with Gasteiger partial charge in [0.2, 0.25) is 0 Å². The summed E-state index contributed by atoms with van der Waals surface area (Å²) in [5.74, 6) is -2.12. The molecule has 8 heteroatoms. The standard InChI is InChI=1S/C22H15N3O4S/c26-19-18(20(27)25(22(30)23-19)16-5-2-1-3-6-16)13-17-7-4-12-24(17)15-10-8-14(9-11-15)21(28)29/h1-13H,(H,28,29)(H,23,26,30)/b18-13+. The smallest absolute Gasteiger partial charge is 0.335 e. The lowest BCUT2D eigenvalue weighted by molar-refractivity contribution is -0.122. The Morgan fingerprint density at radius 2 is 1.63 bits per heavy atom. The lowest BCUT2D eigenvalue weighted by Crippen LogP contribution is -2.54. The SMILES string of the molecule is O=C1NC(=S)N(c2ccccc2)C(=O)/C1=C/c1cccn1-c1ccc(C(=O)O)cc1. The van der Waals surface area contributed by atoms with Crippen molar-refractivity contribution >= 4 is 46.9 Å². The number of aromatic nitrogens is 1. The van der Waals surface area contributed by atoms with E-state index in [9.17, 15) is 14.4 Å². The molecule has 2 amide bonds. The Bertz CT molecular complexity index is 1200. The van der Waals surface area contributed by atoms with Gasteiger partial charge in [0.25, 0.3) is 11.8 Å². The summed E-state index contributed by atoms with van der Waals surface area (Å²) in [6, 6.07) is 18.6. The van der Waals surface area contributed by atoms with Crippen LogP contribution in [0.25, 0.3) is 11.8 Å². The second-order valence-corrected chi connectivity index (χ2v) is 6.84. The quantitative estimate of drug-likeness (QED) is 0.387. The van der Waals surface area contributed by atoms with Gasteiger partial charge in [0.15, 0.2) is 5.11 Å². The number of aromatic carboxylic acids is 1. The Morgan fingerprint density at radius 3 is 2.30 bits per heavy atom. The maximum Gasteiger partial charge on any atom is 0.335 e. The number of hydrogen-bond donors (Lipinski definition) is 2. The number of amides is 2. The van der Waals surface area contributed by atoms with Crippen molar-refractivity contribution in [3.8, 4) is 5.69 Å². The van der Waals surface area contributed by atoms with Crippen molar-refractivity contribution in [2.75, 3.05) is 4.90 Å². The number of carboxylic acids is 1. The highest BCUT2D eigenvalue weighted by atomic mass is 32.1. The molecule has 1 aliphatic rings. The fraction of sp³-hybridized carbons (Fsp3) is 0. The lowest BCUT2D eigenvalue weighted by Gasteiger charge is -2.28. The van der Waals surface area contributed by atoms with Crippen LogP contribution in [0.15, 0.2) is 78.5 Å². The molecule has 3 aromatic rings. The Labute approximate surface area is 176 Å². The Hall–Kier alpha value is -4.04. The number of para-hydroxylation sites is 1. The third-order valence-electron chi connectivity index (χ3n) is 4.58. The van der Waals surface area contributed by atoms with Crippen LogP contribution >= 0.6 is 12.2 Å². The van der Waals surface area contributed by atoms with E-state index in [1.807, 2.05) is 6.07 Å². The summed E-state index contributed by atoms with van der Waals surface area (Å²) in [5.41, 5.74) is 1.93. The topological polar surface area (TPSA) is 91.6 Å². The van der Waals surface area contributed by atoms with Crippen molar-refractivity contribution in [1.82, 2.24) is 9.88 Å². The van der Waals surface area contributed by atoms with Crippen LogP contribution in [-0.2, 0) is 9.59 Å². The van der Waals surface area contributed by atoms with Crippen LogP contribution in [0.3, 0.4) is 0 Å². The van der Waals surface area contributed by atoms with E-state index in [0.29, 0.717) is 17.1 Å². The van der Waals surface area contributed by atoms with Gasteiger partial charge >= 0.3 is 5.97 Å². The lowest BCUT2D eigenvalue weighted by atomic mass is 10.1. The molecule has 2 N–H and O–H groups in total. The summed E-state index contributed by atoms with van der Waals surface area (Å²) in [7, 11) is 0. The number of hydrogen-bond acceptors (Lipinski definition) is 4. The van der Waals surface area contributed by atoms with E-state index >= 15 is 0 Å². The molecule has 0 bridgehead atoms. The Morgan fingerprint density at radius 1 is 0.933 bits per heavy atom. The molecular formula is C22H15N3O4S. The normalized spacial score (nSPS) is 15.4. The fourth-order valence-corrected chi connectivity index (χ4v) is 3.41. The average molecular weight is 417 g/mol.